The summed E-state index contributed by atoms with van der Waals surface area (Å²) in [6.45, 7) is 0.356. The van der Waals surface area contributed by atoms with Gasteiger partial charge in [-0.2, -0.15) is 5.10 Å². The van der Waals surface area contributed by atoms with Crippen LogP contribution in [0.25, 0.3) is 11.4 Å². The summed E-state index contributed by atoms with van der Waals surface area (Å²) in [6, 6.07) is 6.58. The first-order valence-electron chi connectivity index (χ1n) is 5.61. The van der Waals surface area contributed by atoms with E-state index in [1.165, 1.54) is 6.26 Å². The Morgan fingerprint density at radius 2 is 2.11 bits per heavy atom. The van der Waals surface area contributed by atoms with Crippen molar-refractivity contribution in [3.63, 3.8) is 0 Å². The Labute approximate surface area is 112 Å². The van der Waals surface area contributed by atoms with Crippen molar-refractivity contribution >= 4 is 9.84 Å². The minimum Gasteiger partial charge on any atom is -0.377 e. The minimum absolute atomic E-state index is 0.255. The Balaban J connectivity index is 2.45. The summed E-state index contributed by atoms with van der Waals surface area (Å²) < 4.78 is 29.7. The number of sulfone groups is 1. The summed E-state index contributed by atoms with van der Waals surface area (Å²) in [5, 5.41) is 4.25. The largest absolute Gasteiger partial charge is 0.377 e. The maximum atomic E-state index is 11.5. The van der Waals surface area contributed by atoms with E-state index in [-0.39, 0.29) is 4.90 Å². The lowest BCUT2D eigenvalue weighted by Crippen LogP contribution is -2.00. The van der Waals surface area contributed by atoms with Gasteiger partial charge in [-0.25, -0.2) is 13.4 Å². The SMILES string of the molecule is COCc1nc(-c2cccc(S(C)(=O)=O)c2)nn1C. The van der Waals surface area contributed by atoms with Crippen LogP contribution in [0.2, 0.25) is 0 Å². The van der Waals surface area contributed by atoms with Crippen LogP contribution in [-0.2, 0) is 28.2 Å². The zero-order chi connectivity index (χ0) is 14.0. The van der Waals surface area contributed by atoms with Crippen molar-refractivity contribution in [2.75, 3.05) is 13.4 Å². The molecule has 2 aromatic rings. The second-order valence-electron chi connectivity index (χ2n) is 4.21. The van der Waals surface area contributed by atoms with Crippen molar-refractivity contribution in [1.82, 2.24) is 14.8 Å². The van der Waals surface area contributed by atoms with Gasteiger partial charge in [-0.15, -0.1) is 0 Å². The third kappa shape index (κ3) is 2.99. The first kappa shape index (κ1) is 13.7. The molecule has 7 heteroatoms. The number of nitrogens with zero attached hydrogens (tertiary/aromatic N) is 3. The molecule has 102 valence electrons. The molecule has 0 radical (unpaired) electrons. The van der Waals surface area contributed by atoms with Crippen LogP contribution < -0.4 is 0 Å². The van der Waals surface area contributed by atoms with Crippen molar-refractivity contribution in [3.05, 3.63) is 30.1 Å². The summed E-state index contributed by atoms with van der Waals surface area (Å²) >= 11 is 0. The van der Waals surface area contributed by atoms with Gasteiger partial charge in [0.05, 0.1) is 4.90 Å². The van der Waals surface area contributed by atoms with Gasteiger partial charge in [-0.1, -0.05) is 12.1 Å². The van der Waals surface area contributed by atoms with Crippen molar-refractivity contribution in [1.29, 1.82) is 0 Å². The van der Waals surface area contributed by atoms with Crippen LogP contribution >= 0.6 is 0 Å². The smallest absolute Gasteiger partial charge is 0.181 e. The van der Waals surface area contributed by atoms with E-state index in [0.717, 1.165) is 0 Å². The van der Waals surface area contributed by atoms with Crippen molar-refractivity contribution < 1.29 is 13.2 Å². The van der Waals surface area contributed by atoms with Crippen LogP contribution in [0.5, 0.6) is 0 Å². The molecule has 0 N–H and O–H groups in total. The van der Waals surface area contributed by atoms with E-state index < -0.39 is 9.84 Å². The molecule has 1 aromatic heterocycles. The highest BCUT2D eigenvalue weighted by atomic mass is 32.2. The van der Waals surface area contributed by atoms with Gasteiger partial charge in [0.1, 0.15) is 6.61 Å². The number of benzene rings is 1. The Morgan fingerprint density at radius 3 is 2.74 bits per heavy atom. The van der Waals surface area contributed by atoms with E-state index >= 15 is 0 Å². The molecule has 0 unspecified atom stereocenters. The highest BCUT2D eigenvalue weighted by Gasteiger charge is 2.12. The van der Waals surface area contributed by atoms with E-state index in [1.807, 2.05) is 0 Å². The lowest BCUT2D eigenvalue weighted by molar-refractivity contribution is 0.174. The standard InChI is InChI=1S/C12H15N3O3S/c1-15-11(8-18-2)13-12(14-15)9-5-4-6-10(7-9)19(3,16)17/h4-7H,8H2,1-3H3. The minimum atomic E-state index is -3.23. The molecule has 0 fully saturated rings. The first-order chi connectivity index (χ1) is 8.91. The van der Waals surface area contributed by atoms with Gasteiger partial charge in [0.2, 0.25) is 0 Å². The Bertz CT molecular complexity index is 692. The van der Waals surface area contributed by atoms with E-state index in [0.29, 0.717) is 23.8 Å². The third-order valence-electron chi connectivity index (χ3n) is 2.65. The molecule has 0 bridgehead atoms. The highest BCUT2D eigenvalue weighted by molar-refractivity contribution is 7.90. The zero-order valence-electron chi connectivity index (χ0n) is 11.0. The van der Waals surface area contributed by atoms with Crippen molar-refractivity contribution in [2.24, 2.45) is 7.05 Å². The van der Waals surface area contributed by atoms with Crippen LogP contribution in [0.3, 0.4) is 0 Å². The second kappa shape index (κ2) is 5.10. The van der Waals surface area contributed by atoms with Crippen LogP contribution in [0, 0.1) is 0 Å². The molecule has 0 aliphatic rings. The van der Waals surface area contributed by atoms with Crippen LogP contribution in [-0.4, -0.2) is 36.5 Å². The van der Waals surface area contributed by atoms with E-state index in [2.05, 4.69) is 10.1 Å². The van der Waals surface area contributed by atoms with Gasteiger partial charge in [-0.05, 0) is 12.1 Å². The summed E-state index contributed by atoms with van der Waals surface area (Å²) in [6.07, 6.45) is 1.17. The van der Waals surface area contributed by atoms with Gasteiger partial charge in [0.15, 0.2) is 21.5 Å². The number of aromatic nitrogens is 3. The number of hydrogen-bond acceptors (Lipinski definition) is 5. The third-order valence-corrected chi connectivity index (χ3v) is 3.76. The molecule has 2 rings (SSSR count). The molecule has 0 amide bonds. The molecule has 0 aliphatic heterocycles. The first-order valence-corrected chi connectivity index (χ1v) is 7.50. The monoisotopic (exact) mass is 281 g/mol. The molecule has 0 atom stereocenters. The molecule has 6 nitrogen and oxygen atoms in total. The average molecular weight is 281 g/mol. The van der Waals surface area contributed by atoms with Gasteiger partial charge in [0, 0.05) is 26.0 Å². The molecular formula is C12H15N3O3S. The van der Waals surface area contributed by atoms with Gasteiger partial charge in [-0.3, -0.25) is 4.68 Å². The van der Waals surface area contributed by atoms with Crippen molar-refractivity contribution in [3.8, 4) is 11.4 Å². The fraction of sp³-hybridized carbons (Fsp3) is 0.333. The molecule has 1 heterocycles. The van der Waals surface area contributed by atoms with Crippen LogP contribution in [0.15, 0.2) is 29.2 Å². The maximum Gasteiger partial charge on any atom is 0.181 e. The molecule has 0 saturated heterocycles. The number of methoxy groups -OCH3 is 1. The lowest BCUT2D eigenvalue weighted by Gasteiger charge is -2.00. The summed E-state index contributed by atoms with van der Waals surface area (Å²) in [5.74, 6) is 1.17. The summed E-state index contributed by atoms with van der Waals surface area (Å²) in [4.78, 5) is 4.58. The fourth-order valence-electron chi connectivity index (χ4n) is 1.66. The van der Waals surface area contributed by atoms with Crippen molar-refractivity contribution in [2.45, 2.75) is 11.5 Å². The molecule has 0 aliphatic carbocycles. The number of ether oxygens (including phenoxy) is 1. The van der Waals surface area contributed by atoms with Gasteiger partial charge in [0.25, 0.3) is 0 Å². The Morgan fingerprint density at radius 1 is 1.37 bits per heavy atom. The Hall–Kier alpha value is -1.73. The fourth-order valence-corrected chi connectivity index (χ4v) is 2.33. The molecule has 19 heavy (non-hydrogen) atoms. The van der Waals surface area contributed by atoms with Gasteiger partial charge < -0.3 is 4.74 Å². The van der Waals surface area contributed by atoms with Crippen LogP contribution in [0.4, 0.5) is 0 Å². The molecule has 1 aromatic carbocycles. The van der Waals surface area contributed by atoms with E-state index in [4.69, 9.17) is 4.74 Å². The second-order valence-corrected chi connectivity index (χ2v) is 6.22. The maximum absolute atomic E-state index is 11.5. The number of rotatable bonds is 4. The quantitative estimate of drug-likeness (QED) is 0.837. The Kier molecular flexibility index (Phi) is 3.68. The van der Waals surface area contributed by atoms with E-state index in [1.54, 1.807) is 43.1 Å². The number of hydrogen-bond donors (Lipinski definition) is 0. The predicted molar refractivity (Wildman–Crippen MR) is 70.3 cm³/mol. The predicted octanol–water partition coefficient (Wildman–Crippen LogP) is 1.03. The lowest BCUT2D eigenvalue weighted by atomic mass is 10.2. The average Bonchev–Trinajstić information content (AvgIpc) is 2.71. The normalized spacial score (nSPS) is 11.7. The molecule has 0 spiro atoms. The molecular weight excluding hydrogens is 266 g/mol. The van der Waals surface area contributed by atoms with Gasteiger partial charge >= 0.3 is 0 Å². The molecule has 0 saturated carbocycles. The van der Waals surface area contributed by atoms with Crippen LogP contribution in [0.1, 0.15) is 5.82 Å². The topological polar surface area (TPSA) is 74.1 Å². The summed E-state index contributed by atoms with van der Waals surface area (Å²) in [5.41, 5.74) is 0.667. The highest BCUT2D eigenvalue weighted by Crippen LogP contribution is 2.19. The summed E-state index contributed by atoms with van der Waals surface area (Å²) in [7, 11) is 0.117. The van der Waals surface area contributed by atoms with E-state index in [9.17, 15) is 8.42 Å². The zero-order valence-corrected chi connectivity index (χ0v) is 11.8. The number of aryl methyl sites for hydroxylation is 1.